The predicted octanol–water partition coefficient (Wildman–Crippen LogP) is 4.30. The number of esters is 1. The molecule has 0 spiro atoms. The van der Waals surface area contributed by atoms with E-state index >= 15 is 0 Å². The van der Waals surface area contributed by atoms with Crippen LogP contribution in [-0.2, 0) is 9.59 Å². The monoisotopic (exact) mass is 485 g/mol. The third kappa shape index (κ3) is 3.79. The Hall–Kier alpha value is -4.20. The van der Waals surface area contributed by atoms with Crippen molar-refractivity contribution in [1.82, 2.24) is 0 Å². The van der Waals surface area contributed by atoms with Gasteiger partial charge < -0.3 is 13.9 Å². The third-order valence-corrected chi connectivity index (χ3v) is 7.50. The first-order valence-corrected chi connectivity index (χ1v) is 12.0. The first kappa shape index (κ1) is 22.3. The highest BCUT2D eigenvalue weighted by molar-refractivity contribution is 6.22. The molecule has 36 heavy (non-hydrogen) atoms. The average Bonchev–Trinajstić information content (AvgIpc) is 3.69. The Balaban J connectivity index is 1.05. The number of anilines is 1. The van der Waals surface area contributed by atoms with E-state index in [1.807, 2.05) is 0 Å². The van der Waals surface area contributed by atoms with E-state index in [2.05, 4.69) is 0 Å². The van der Waals surface area contributed by atoms with Crippen LogP contribution in [0.2, 0.25) is 0 Å². The Morgan fingerprint density at radius 1 is 0.861 bits per heavy atom. The lowest BCUT2D eigenvalue weighted by Crippen LogP contribution is -2.32. The van der Waals surface area contributed by atoms with Gasteiger partial charge in [-0.25, -0.2) is 4.79 Å². The van der Waals surface area contributed by atoms with Crippen molar-refractivity contribution in [2.75, 3.05) is 11.5 Å². The second kappa shape index (κ2) is 8.78. The summed E-state index contributed by atoms with van der Waals surface area (Å²) in [6, 6.07) is 15.9. The summed E-state index contributed by atoms with van der Waals surface area (Å²) in [5, 5.41) is 0. The molecule has 4 atom stereocenters. The summed E-state index contributed by atoms with van der Waals surface area (Å²) in [5.41, 5.74) is 0.941. The fraction of sp³-hybridized carbons (Fsp3) is 0.286. The standard InChI is InChI=1S/C28H23NO7/c30-22(16-5-9-21(10-6-16)36-28(33)23-2-1-13-34-23)15-35-20-11-7-19(8-12-20)29-26(31)24-17-3-4-18(14-17)25(24)27(29)32/h1-2,5-13,17-18,24-25H,3-4,14-15H2/t17-,18-,24-,25+/m0/s1. The van der Waals surface area contributed by atoms with Gasteiger partial charge in [0.25, 0.3) is 0 Å². The van der Waals surface area contributed by atoms with E-state index in [1.54, 1.807) is 42.5 Å². The highest BCUT2D eigenvalue weighted by Gasteiger charge is 2.61. The molecule has 1 aliphatic heterocycles. The highest BCUT2D eigenvalue weighted by atomic mass is 16.5. The van der Waals surface area contributed by atoms with E-state index in [-0.39, 0.29) is 47.6 Å². The Bertz CT molecular complexity index is 1300. The van der Waals surface area contributed by atoms with Gasteiger partial charge in [-0.3, -0.25) is 19.3 Å². The Morgan fingerprint density at radius 3 is 2.11 bits per heavy atom. The maximum atomic E-state index is 13.0. The molecule has 0 radical (unpaired) electrons. The van der Waals surface area contributed by atoms with Crippen molar-refractivity contribution in [3.63, 3.8) is 0 Å². The van der Waals surface area contributed by atoms with Crippen LogP contribution in [0.4, 0.5) is 5.69 Å². The number of rotatable bonds is 7. The zero-order chi connectivity index (χ0) is 24.8. The first-order chi connectivity index (χ1) is 17.5. The van der Waals surface area contributed by atoms with Crippen LogP contribution in [0, 0.1) is 23.7 Å². The smallest absolute Gasteiger partial charge is 0.379 e. The number of carbonyl (C=O) groups is 4. The lowest BCUT2D eigenvalue weighted by molar-refractivity contribution is -0.123. The second-order valence-corrected chi connectivity index (χ2v) is 9.49. The van der Waals surface area contributed by atoms with Crippen molar-refractivity contribution in [1.29, 1.82) is 0 Å². The molecule has 3 aromatic rings. The molecule has 182 valence electrons. The van der Waals surface area contributed by atoms with E-state index in [0.29, 0.717) is 28.8 Å². The summed E-state index contributed by atoms with van der Waals surface area (Å²) in [7, 11) is 0. The minimum Gasteiger partial charge on any atom is -0.485 e. The van der Waals surface area contributed by atoms with Crippen LogP contribution in [0.3, 0.4) is 0 Å². The van der Waals surface area contributed by atoms with E-state index in [1.165, 1.54) is 29.4 Å². The van der Waals surface area contributed by atoms with E-state index in [9.17, 15) is 19.2 Å². The minimum atomic E-state index is -0.626. The van der Waals surface area contributed by atoms with Gasteiger partial charge in [-0.1, -0.05) is 0 Å². The molecule has 3 aliphatic rings. The number of benzene rings is 2. The van der Waals surface area contributed by atoms with Crippen molar-refractivity contribution >= 4 is 29.3 Å². The SMILES string of the molecule is O=C(COc1ccc(N2C(=O)[C@@H]3[C@H]4CC[C@@H](C4)[C@@H]3C2=O)cc1)c1ccc(OC(=O)c2ccco2)cc1. The van der Waals surface area contributed by atoms with Crippen LogP contribution in [0.15, 0.2) is 71.3 Å². The minimum absolute atomic E-state index is 0.0840. The van der Waals surface area contributed by atoms with Gasteiger partial charge in [-0.2, -0.15) is 0 Å². The molecule has 1 saturated heterocycles. The zero-order valence-corrected chi connectivity index (χ0v) is 19.3. The van der Waals surface area contributed by atoms with Crippen LogP contribution >= 0.6 is 0 Å². The molecule has 0 N–H and O–H groups in total. The number of hydrogen-bond donors (Lipinski definition) is 0. The molecular formula is C28H23NO7. The van der Waals surface area contributed by atoms with Crippen LogP contribution in [-0.4, -0.2) is 30.2 Å². The number of furan rings is 1. The maximum Gasteiger partial charge on any atom is 0.379 e. The van der Waals surface area contributed by atoms with Crippen molar-refractivity contribution < 1.29 is 33.1 Å². The number of imide groups is 1. The van der Waals surface area contributed by atoms with Crippen LogP contribution in [0.1, 0.15) is 40.2 Å². The van der Waals surface area contributed by atoms with Gasteiger partial charge in [0, 0.05) is 5.56 Å². The molecule has 3 fully saturated rings. The lowest BCUT2D eigenvalue weighted by atomic mass is 9.81. The molecule has 2 aliphatic carbocycles. The Labute approximate surface area is 206 Å². The topological polar surface area (TPSA) is 103 Å². The third-order valence-electron chi connectivity index (χ3n) is 7.50. The van der Waals surface area contributed by atoms with Gasteiger partial charge in [-0.05, 0) is 91.8 Å². The quantitative estimate of drug-likeness (QED) is 0.213. The number of fused-ring (bicyclic) bond motifs is 5. The van der Waals surface area contributed by atoms with Gasteiger partial charge in [0.1, 0.15) is 11.5 Å². The van der Waals surface area contributed by atoms with Gasteiger partial charge >= 0.3 is 5.97 Å². The summed E-state index contributed by atoms with van der Waals surface area (Å²) in [5.74, 6) is 0.133. The number of amides is 2. The van der Waals surface area contributed by atoms with Crippen molar-refractivity contribution in [2.45, 2.75) is 19.3 Å². The molecule has 6 rings (SSSR count). The zero-order valence-electron chi connectivity index (χ0n) is 19.3. The van der Waals surface area contributed by atoms with Gasteiger partial charge in [0.05, 0.1) is 23.8 Å². The van der Waals surface area contributed by atoms with E-state index in [0.717, 1.165) is 19.3 Å². The van der Waals surface area contributed by atoms with Crippen LogP contribution in [0.5, 0.6) is 11.5 Å². The second-order valence-electron chi connectivity index (χ2n) is 9.49. The van der Waals surface area contributed by atoms with Gasteiger partial charge in [0.2, 0.25) is 17.6 Å². The van der Waals surface area contributed by atoms with Crippen LogP contribution in [0.25, 0.3) is 0 Å². The molecule has 8 heteroatoms. The summed E-state index contributed by atoms with van der Waals surface area (Å²) in [4.78, 5) is 51.8. The normalized spacial score (nSPS) is 24.2. The van der Waals surface area contributed by atoms with E-state index in [4.69, 9.17) is 13.9 Å². The van der Waals surface area contributed by atoms with Crippen molar-refractivity contribution in [2.24, 2.45) is 23.7 Å². The molecule has 2 amide bonds. The largest absolute Gasteiger partial charge is 0.485 e. The molecular weight excluding hydrogens is 462 g/mol. The summed E-state index contributed by atoms with van der Waals surface area (Å²) in [6.07, 6.45) is 4.46. The summed E-state index contributed by atoms with van der Waals surface area (Å²) in [6.45, 7) is -0.194. The number of ether oxygens (including phenoxy) is 2. The number of hydrogen-bond acceptors (Lipinski definition) is 7. The fourth-order valence-corrected chi connectivity index (χ4v) is 5.85. The summed E-state index contributed by atoms with van der Waals surface area (Å²) < 4.78 is 15.8. The predicted molar refractivity (Wildman–Crippen MR) is 127 cm³/mol. The number of Topliss-reactive ketones (excluding diaryl/α,β-unsaturated/α-hetero) is 1. The summed E-state index contributed by atoms with van der Waals surface area (Å²) >= 11 is 0. The molecule has 1 aromatic heterocycles. The average molecular weight is 485 g/mol. The van der Waals surface area contributed by atoms with Crippen LogP contribution < -0.4 is 14.4 Å². The van der Waals surface area contributed by atoms with Crippen molar-refractivity contribution in [3.05, 3.63) is 78.3 Å². The number of ketones is 1. The fourth-order valence-electron chi connectivity index (χ4n) is 5.85. The Kier molecular flexibility index (Phi) is 5.44. The molecule has 8 nitrogen and oxygen atoms in total. The molecule has 2 aromatic carbocycles. The molecule has 2 saturated carbocycles. The number of carbonyl (C=O) groups excluding carboxylic acids is 4. The maximum absolute atomic E-state index is 13.0. The number of nitrogens with zero attached hydrogens (tertiary/aromatic N) is 1. The van der Waals surface area contributed by atoms with Gasteiger partial charge in [-0.15, -0.1) is 0 Å². The lowest BCUT2D eigenvalue weighted by Gasteiger charge is -2.19. The first-order valence-electron chi connectivity index (χ1n) is 12.0. The molecule has 0 unspecified atom stereocenters. The molecule has 2 bridgehead atoms. The highest BCUT2D eigenvalue weighted by Crippen LogP contribution is 2.56. The van der Waals surface area contributed by atoms with E-state index < -0.39 is 5.97 Å². The molecule has 2 heterocycles. The van der Waals surface area contributed by atoms with Crippen molar-refractivity contribution in [3.8, 4) is 11.5 Å². The van der Waals surface area contributed by atoms with Gasteiger partial charge in [0.15, 0.2) is 12.4 Å². The Morgan fingerprint density at radius 2 is 1.50 bits per heavy atom.